The van der Waals surface area contributed by atoms with Crippen LogP contribution in [0.1, 0.15) is 12.8 Å². The fraction of sp³-hybridized carbons (Fsp3) is 0.143. The number of hydrogen-bond acceptors (Lipinski definition) is 3. The van der Waals surface area contributed by atoms with E-state index < -0.39 is 6.09 Å². The van der Waals surface area contributed by atoms with Gasteiger partial charge in [0.15, 0.2) is 0 Å². The van der Waals surface area contributed by atoms with Gasteiger partial charge in [-0.3, -0.25) is 5.32 Å². The van der Waals surface area contributed by atoms with Gasteiger partial charge in [0.05, 0.1) is 5.69 Å². The predicted molar refractivity (Wildman–Crippen MR) is 105 cm³/mol. The Balaban J connectivity index is 1.41. The van der Waals surface area contributed by atoms with E-state index in [0.29, 0.717) is 17.1 Å². The maximum Gasteiger partial charge on any atom is 0.417 e. The highest BCUT2D eigenvalue weighted by molar-refractivity contribution is 6.00. The van der Waals surface area contributed by atoms with Crippen molar-refractivity contribution in [2.24, 2.45) is 0 Å². The molecule has 0 aliphatic heterocycles. The number of urea groups is 1. The molecule has 27 heavy (non-hydrogen) atoms. The van der Waals surface area contributed by atoms with E-state index in [1.54, 1.807) is 24.3 Å². The Labute approximate surface area is 156 Å². The number of carbonyl (C=O) groups is 2. The number of fused-ring (bicyclic) bond motifs is 1. The van der Waals surface area contributed by atoms with Crippen LogP contribution < -0.4 is 20.7 Å². The second-order valence-corrected chi connectivity index (χ2v) is 6.44. The molecule has 1 aliphatic rings. The molecule has 1 aliphatic carbocycles. The van der Waals surface area contributed by atoms with Crippen LogP contribution in [-0.2, 0) is 0 Å². The summed E-state index contributed by atoms with van der Waals surface area (Å²) in [5.74, 6) is 0.344. The van der Waals surface area contributed by atoms with Crippen molar-refractivity contribution in [2.45, 2.75) is 18.9 Å². The molecule has 3 amide bonds. The normalized spacial score (nSPS) is 13.0. The average Bonchev–Trinajstić information content (AvgIpc) is 3.46. The smallest absolute Gasteiger partial charge is 0.410 e. The number of rotatable bonds is 4. The fourth-order valence-electron chi connectivity index (χ4n) is 2.79. The number of amides is 3. The summed E-state index contributed by atoms with van der Waals surface area (Å²) in [6.07, 6.45) is 1.45. The van der Waals surface area contributed by atoms with Crippen LogP contribution in [0.2, 0.25) is 0 Å². The molecular formula is C21H19N3O3. The zero-order valence-corrected chi connectivity index (χ0v) is 14.6. The molecule has 0 saturated heterocycles. The Kier molecular flexibility index (Phi) is 4.61. The summed E-state index contributed by atoms with van der Waals surface area (Å²) in [4.78, 5) is 24.1. The monoisotopic (exact) mass is 361 g/mol. The first kappa shape index (κ1) is 16.9. The number of benzene rings is 3. The molecular weight excluding hydrogens is 342 g/mol. The Hall–Kier alpha value is -3.54. The first-order valence-electron chi connectivity index (χ1n) is 8.81. The van der Waals surface area contributed by atoms with E-state index in [9.17, 15) is 9.59 Å². The number of anilines is 2. The minimum Gasteiger partial charge on any atom is -0.410 e. The molecule has 0 aromatic heterocycles. The van der Waals surface area contributed by atoms with Crippen molar-refractivity contribution in [3.8, 4) is 5.75 Å². The van der Waals surface area contributed by atoms with Gasteiger partial charge >= 0.3 is 12.1 Å². The van der Waals surface area contributed by atoms with E-state index in [4.69, 9.17) is 4.74 Å². The maximum absolute atomic E-state index is 12.3. The third-order valence-corrected chi connectivity index (χ3v) is 4.24. The van der Waals surface area contributed by atoms with Gasteiger partial charge in [0.1, 0.15) is 5.75 Å². The van der Waals surface area contributed by atoms with Gasteiger partial charge in [-0.15, -0.1) is 0 Å². The lowest BCUT2D eigenvalue weighted by atomic mass is 10.1. The summed E-state index contributed by atoms with van der Waals surface area (Å²) in [6.45, 7) is 0. The van der Waals surface area contributed by atoms with Gasteiger partial charge < -0.3 is 15.4 Å². The third-order valence-electron chi connectivity index (χ3n) is 4.24. The molecule has 0 bridgehead atoms. The molecule has 0 radical (unpaired) electrons. The topological polar surface area (TPSA) is 79.5 Å². The number of carbonyl (C=O) groups excluding carboxylic acids is 2. The minimum atomic E-state index is -0.592. The Morgan fingerprint density at radius 1 is 0.889 bits per heavy atom. The van der Waals surface area contributed by atoms with Crippen molar-refractivity contribution in [3.05, 3.63) is 66.7 Å². The van der Waals surface area contributed by atoms with Gasteiger partial charge in [-0.1, -0.05) is 42.5 Å². The summed E-state index contributed by atoms with van der Waals surface area (Å²) in [6, 6.07) is 20.2. The Morgan fingerprint density at radius 3 is 2.52 bits per heavy atom. The fourth-order valence-corrected chi connectivity index (χ4v) is 2.79. The van der Waals surface area contributed by atoms with Crippen molar-refractivity contribution in [1.29, 1.82) is 0 Å². The summed E-state index contributed by atoms with van der Waals surface area (Å²) in [5, 5.41) is 10.3. The van der Waals surface area contributed by atoms with Crippen LogP contribution in [0.4, 0.5) is 21.0 Å². The highest BCUT2D eigenvalue weighted by atomic mass is 16.6. The van der Waals surface area contributed by atoms with Crippen LogP contribution in [0.3, 0.4) is 0 Å². The standard InChI is InChI=1S/C21H19N3O3/c25-20(22-15-11-12-15)23-16-7-4-8-17(13-16)27-21(26)24-19-10-3-6-14-5-1-2-9-18(14)19/h1-10,13,15H,11-12H2,(H,24,26)(H2,22,23,25). The Bertz CT molecular complexity index is 993. The first-order chi connectivity index (χ1) is 13.2. The number of hydrogen-bond donors (Lipinski definition) is 3. The van der Waals surface area contributed by atoms with Crippen molar-refractivity contribution < 1.29 is 14.3 Å². The average molecular weight is 361 g/mol. The van der Waals surface area contributed by atoms with Gasteiger partial charge in [0, 0.05) is 23.2 Å². The molecule has 3 N–H and O–H groups in total. The van der Waals surface area contributed by atoms with Crippen LogP contribution in [0.25, 0.3) is 10.8 Å². The van der Waals surface area contributed by atoms with E-state index >= 15 is 0 Å². The molecule has 136 valence electrons. The molecule has 3 aromatic rings. The molecule has 6 nitrogen and oxygen atoms in total. The highest BCUT2D eigenvalue weighted by Gasteiger charge is 2.23. The van der Waals surface area contributed by atoms with Crippen molar-refractivity contribution >= 4 is 34.3 Å². The molecule has 0 spiro atoms. The summed E-state index contributed by atoms with van der Waals surface area (Å²) in [5.41, 5.74) is 1.24. The van der Waals surface area contributed by atoms with Crippen LogP contribution >= 0.6 is 0 Å². The summed E-state index contributed by atoms with van der Waals surface area (Å²) < 4.78 is 5.36. The lowest BCUT2D eigenvalue weighted by molar-refractivity contribution is 0.215. The molecule has 4 rings (SSSR count). The van der Waals surface area contributed by atoms with E-state index in [-0.39, 0.29) is 12.1 Å². The largest absolute Gasteiger partial charge is 0.417 e. The second-order valence-electron chi connectivity index (χ2n) is 6.44. The molecule has 3 aromatic carbocycles. The number of nitrogens with one attached hydrogen (secondary N) is 3. The van der Waals surface area contributed by atoms with E-state index in [1.165, 1.54) is 0 Å². The van der Waals surface area contributed by atoms with Gasteiger partial charge in [-0.05, 0) is 36.4 Å². The van der Waals surface area contributed by atoms with Crippen LogP contribution in [0.5, 0.6) is 5.75 Å². The Morgan fingerprint density at radius 2 is 1.67 bits per heavy atom. The van der Waals surface area contributed by atoms with E-state index in [1.807, 2.05) is 42.5 Å². The first-order valence-corrected chi connectivity index (χ1v) is 8.81. The van der Waals surface area contributed by atoms with Gasteiger partial charge in [-0.2, -0.15) is 0 Å². The summed E-state index contributed by atoms with van der Waals surface area (Å²) >= 11 is 0. The minimum absolute atomic E-state index is 0.255. The van der Waals surface area contributed by atoms with E-state index in [0.717, 1.165) is 23.6 Å². The van der Waals surface area contributed by atoms with Crippen LogP contribution in [0.15, 0.2) is 66.7 Å². The van der Waals surface area contributed by atoms with Gasteiger partial charge in [0.2, 0.25) is 0 Å². The van der Waals surface area contributed by atoms with Gasteiger partial charge in [0.25, 0.3) is 0 Å². The van der Waals surface area contributed by atoms with Gasteiger partial charge in [-0.25, -0.2) is 9.59 Å². The SMILES string of the molecule is O=C(Nc1cccc(OC(=O)Nc2cccc3ccccc23)c1)NC1CC1. The van der Waals surface area contributed by atoms with Crippen molar-refractivity contribution in [1.82, 2.24) is 5.32 Å². The van der Waals surface area contributed by atoms with Crippen LogP contribution in [-0.4, -0.2) is 18.2 Å². The molecule has 0 atom stereocenters. The molecule has 6 heteroatoms. The lowest BCUT2D eigenvalue weighted by Gasteiger charge is -2.11. The molecule has 1 fully saturated rings. The molecule has 0 heterocycles. The van der Waals surface area contributed by atoms with Crippen molar-refractivity contribution in [3.63, 3.8) is 0 Å². The third kappa shape index (κ3) is 4.36. The zero-order chi connectivity index (χ0) is 18.6. The molecule has 1 saturated carbocycles. The van der Waals surface area contributed by atoms with Crippen molar-refractivity contribution in [2.75, 3.05) is 10.6 Å². The second kappa shape index (κ2) is 7.37. The van der Waals surface area contributed by atoms with Crippen LogP contribution in [0, 0.1) is 0 Å². The quantitative estimate of drug-likeness (QED) is 0.628. The predicted octanol–water partition coefficient (Wildman–Crippen LogP) is 4.73. The molecule has 0 unspecified atom stereocenters. The lowest BCUT2D eigenvalue weighted by Crippen LogP contribution is -2.30. The number of ether oxygens (including phenoxy) is 1. The summed E-state index contributed by atoms with van der Waals surface area (Å²) in [7, 11) is 0. The van der Waals surface area contributed by atoms with E-state index in [2.05, 4.69) is 16.0 Å². The zero-order valence-electron chi connectivity index (χ0n) is 14.6. The maximum atomic E-state index is 12.3. The highest BCUT2D eigenvalue weighted by Crippen LogP contribution is 2.24.